The first-order chi connectivity index (χ1) is 15.4. The van der Waals surface area contributed by atoms with Crippen LogP contribution in [0, 0.1) is 19.7 Å². The van der Waals surface area contributed by atoms with Gasteiger partial charge in [-0.3, -0.25) is 4.79 Å². The molecule has 2 heterocycles. The third-order valence-corrected chi connectivity index (χ3v) is 4.95. The van der Waals surface area contributed by atoms with Crippen molar-refractivity contribution in [3.8, 4) is 11.3 Å². The Morgan fingerprint density at radius 2 is 1.84 bits per heavy atom. The molecular formula is C24H20FN3O4. The van der Waals surface area contributed by atoms with Crippen LogP contribution in [-0.4, -0.2) is 28.6 Å². The fourth-order valence-electron chi connectivity index (χ4n) is 3.22. The number of amides is 1. The maximum absolute atomic E-state index is 13.7. The molecule has 0 unspecified atom stereocenters. The third-order valence-electron chi connectivity index (χ3n) is 4.95. The van der Waals surface area contributed by atoms with E-state index in [4.69, 9.17) is 9.26 Å². The van der Waals surface area contributed by atoms with Crippen molar-refractivity contribution in [2.75, 3.05) is 6.61 Å². The van der Waals surface area contributed by atoms with Crippen LogP contribution in [-0.2, 0) is 16.1 Å². The molecule has 0 fully saturated rings. The van der Waals surface area contributed by atoms with E-state index in [1.54, 1.807) is 31.2 Å². The number of ether oxygens (including phenoxy) is 1. The summed E-state index contributed by atoms with van der Waals surface area (Å²) in [7, 11) is 0. The summed E-state index contributed by atoms with van der Waals surface area (Å²) in [5.41, 5.74) is 3.63. The number of carbonyl (C=O) groups excluding carboxylic acids is 2. The molecule has 2 aromatic carbocycles. The van der Waals surface area contributed by atoms with Gasteiger partial charge in [0.05, 0.1) is 22.3 Å². The lowest BCUT2D eigenvalue weighted by atomic mass is 10.0. The number of esters is 1. The van der Waals surface area contributed by atoms with Gasteiger partial charge in [-0.05, 0) is 26.0 Å². The Bertz CT molecular complexity index is 1300. The molecule has 0 aliphatic heterocycles. The van der Waals surface area contributed by atoms with E-state index in [1.807, 2.05) is 31.2 Å². The normalized spacial score (nSPS) is 10.8. The van der Waals surface area contributed by atoms with Crippen LogP contribution in [0.2, 0.25) is 0 Å². The minimum Gasteiger partial charge on any atom is -0.452 e. The Kier molecular flexibility index (Phi) is 5.93. The van der Waals surface area contributed by atoms with Gasteiger partial charge >= 0.3 is 5.97 Å². The molecule has 2 aromatic heterocycles. The number of fused-ring (bicyclic) bond motifs is 1. The van der Waals surface area contributed by atoms with E-state index in [2.05, 4.69) is 15.5 Å². The van der Waals surface area contributed by atoms with Crippen molar-refractivity contribution in [1.82, 2.24) is 15.5 Å². The van der Waals surface area contributed by atoms with Gasteiger partial charge in [-0.1, -0.05) is 53.2 Å². The summed E-state index contributed by atoms with van der Waals surface area (Å²) in [6.07, 6.45) is 0. The Morgan fingerprint density at radius 3 is 2.59 bits per heavy atom. The van der Waals surface area contributed by atoms with Crippen molar-refractivity contribution in [3.63, 3.8) is 0 Å². The van der Waals surface area contributed by atoms with Crippen LogP contribution in [0.25, 0.3) is 22.4 Å². The van der Waals surface area contributed by atoms with E-state index in [1.165, 1.54) is 6.07 Å². The molecule has 4 aromatic rings. The fraction of sp³-hybridized carbons (Fsp3) is 0.167. The highest BCUT2D eigenvalue weighted by Gasteiger charge is 2.21. The Hall–Kier alpha value is -4.07. The summed E-state index contributed by atoms with van der Waals surface area (Å²) in [5.74, 6) is -1.68. The Morgan fingerprint density at radius 1 is 1.09 bits per heavy atom. The van der Waals surface area contributed by atoms with Crippen LogP contribution < -0.4 is 5.32 Å². The first kappa shape index (κ1) is 21.2. The predicted octanol–water partition coefficient (Wildman–Crippen LogP) is 4.12. The van der Waals surface area contributed by atoms with Gasteiger partial charge in [0.25, 0.3) is 11.6 Å². The number of carbonyl (C=O) groups is 2. The van der Waals surface area contributed by atoms with E-state index in [0.29, 0.717) is 22.3 Å². The Labute approximate surface area is 183 Å². The summed E-state index contributed by atoms with van der Waals surface area (Å²) in [6.45, 7) is 3.14. The summed E-state index contributed by atoms with van der Waals surface area (Å²) in [6, 6.07) is 15.4. The van der Waals surface area contributed by atoms with Crippen molar-refractivity contribution >= 4 is 23.0 Å². The molecule has 0 aliphatic rings. The van der Waals surface area contributed by atoms with Crippen LogP contribution in [0.1, 0.15) is 27.2 Å². The van der Waals surface area contributed by atoms with Crippen LogP contribution >= 0.6 is 0 Å². The Balaban J connectivity index is 1.51. The lowest BCUT2D eigenvalue weighted by molar-refractivity contribution is -0.124. The van der Waals surface area contributed by atoms with Crippen molar-refractivity contribution < 1.29 is 23.2 Å². The first-order valence-corrected chi connectivity index (χ1v) is 9.93. The lowest BCUT2D eigenvalue weighted by Crippen LogP contribution is -2.28. The highest BCUT2D eigenvalue weighted by atomic mass is 19.1. The molecule has 0 aliphatic carbocycles. The second-order valence-corrected chi connectivity index (χ2v) is 7.31. The minimum absolute atomic E-state index is 0.00904. The summed E-state index contributed by atoms with van der Waals surface area (Å²) >= 11 is 0. The number of hydrogen-bond acceptors (Lipinski definition) is 6. The van der Waals surface area contributed by atoms with Crippen molar-refractivity contribution in [1.29, 1.82) is 0 Å². The average Bonchev–Trinajstić information content (AvgIpc) is 3.17. The molecule has 0 saturated heterocycles. The topological polar surface area (TPSA) is 94.3 Å². The molecule has 0 atom stereocenters. The molecule has 0 saturated carbocycles. The number of benzene rings is 2. The van der Waals surface area contributed by atoms with Gasteiger partial charge in [0.15, 0.2) is 6.61 Å². The maximum atomic E-state index is 13.7. The van der Waals surface area contributed by atoms with E-state index in [-0.39, 0.29) is 17.8 Å². The smallest absolute Gasteiger partial charge is 0.339 e. The standard InChI is InChI=1S/C24H20FN3O4/c1-14-7-9-16(10-8-14)20-11-18(22-15(2)28-32-23(22)27-20)24(30)31-13-21(29)26-12-17-5-3-4-6-19(17)25/h3-11H,12-13H2,1-2H3,(H,26,29). The van der Waals surface area contributed by atoms with Gasteiger partial charge in [0.2, 0.25) is 0 Å². The number of halogens is 1. The van der Waals surface area contributed by atoms with Crippen LogP contribution in [0.3, 0.4) is 0 Å². The van der Waals surface area contributed by atoms with Gasteiger partial charge in [-0.25, -0.2) is 14.2 Å². The monoisotopic (exact) mass is 433 g/mol. The number of hydrogen-bond donors (Lipinski definition) is 1. The van der Waals surface area contributed by atoms with Crippen molar-refractivity contribution in [3.05, 3.63) is 82.8 Å². The number of pyridine rings is 1. The molecule has 162 valence electrons. The number of nitrogens with zero attached hydrogens (tertiary/aromatic N) is 2. The van der Waals surface area contributed by atoms with E-state index < -0.39 is 24.3 Å². The molecule has 8 heteroatoms. The molecular weight excluding hydrogens is 413 g/mol. The molecule has 7 nitrogen and oxygen atoms in total. The molecule has 0 radical (unpaired) electrons. The minimum atomic E-state index is -0.710. The molecule has 1 N–H and O–H groups in total. The summed E-state index contributed by atoms with van der Waals surface area (Å²) < 4.78 is 24.1. The molecule has 32 heavy (non-hydrogen) atoms. The van der Waals surface area contributed by atoms with Crippen LogP contribution in [0.5, 0.6) is 0 Å². The highest BCUT2D eigenvalue weighted by Crippen LogP contribution is 2.27. The molecule has 1 amide bonds. The third kappa shape index (κ3) is 4.49. The van der Waals surface area contributed by atoms with E-state index >= 15 is 0 Å². The number of rotatable bonds is 6. The van der Waals surface area contributed by atoms with Gasteiger partial charge in [-0.15, -0.1) is 0 Å². The average molecular weight is 433 g/mol. The van der Waals surface area contributed by atoms with Gasteiger partial charge in [0, 0.05) is 17.7 Å². The molecule has 4 rings (SSSR count). The number of aromatic nitrogens is 2. The number of nitrogens with one attached hydrogen (secondary N) is 1. The lowest BCUT2D eigenvalue weighted by Gasteiger charge is -2.09. The van der Waals surface area contributed by atoms with Crippen molar-refractivity contribution in [2.24, 2.45) is 0 Å². The van der Waals surface area contributed by atoms with E-state index in [9.17, 15) is 14.0 Å². The summed E-state index contributed by atoms with van der Waals surface area (Å²) in [5, 5.41) is 6.86. The SMILES string of the molecule is Cc1ccc(-c2cc(C(=O)OCC(=O)NCc3ccccc3F)c3c(C)noc3n2)cc1. The van der Waals surface area contributed by atoms with Crippen LogP contribution in [0.4, 0.5) is 4.39 Å². The van der Waals surface area contributed by atoms with Crippen molar-refractivity contribution in [2.45, 2.75) is 20.4 Å². The van der Waals surface area contributed by atoms with Crippen LogP contribution in [0.15, 0.2) is 59.1 Å². The van der Waals surface area contributed by atoms with Gasteiger partial charge in [-0.2, -0.15) is 0 Å². The second kappa shape index (κ2) is 8.97. The maximum Gasteiger partial charge on any atom is 0.339 e. The molecule has 0 spiro atoms. The zero-order chi connectivity index (χ0) is 22.7. The first-order valence-electron chi connectivity index (χ1n) is 9.93. The fourth-order valence-corrected chi connectivity index (χ4v) is 3.22. The van der Waals surface area contributed by atoms with Gasteiger partial charge in [0.1, 0.15) is 5.82 Å². The predicted molar refractivity (Wildman–Crippen MR) is 115 cm³/mol. The largest absolute Gasteiger partial charge is 0.452 e. The van der Waals surface area contributed by atoms with E-state index in [0.717, 1.165) is 11.1 Å². The zero-order valence-electron chi connectivity index (χ0n) is 17.5. The molecule has 0 bridgehead atoms. The highest BCUT2D eigenvalue weighted by molar-refractivity contribution is 6.04. The summed E-state index contributed by atoms with van der Waals surface area (Å²) in [4.78, 5) is 29.4. The van der Waals surface area contributed by atoms with Gasteiger partial charge < -0.3 is 14.6 Å². The quantitative estimate of drug-likeness (QED) is 0.460. The second-order valence-electron chi connectivity index (χ2n) is 7.31. The zero-order valence-corrected chi connectivity index (χ0v) is 17.5. The number of aryl methyl sites for hydroxylation is 2.